The Balaban J connectivity index is 2.41. The standard InChI is InChI=1S/C11H11ClN4O2/c1-7-5-9(16(17)18)3-4-11(7)15-6-10(8(2)12)13-14-15/h3-6,8H,1-2H3. The van der Waals surface area contributed by atoms with Crippen molar-refractivity contribution in [2.24, 2.45) is 0 Å². The van der Waals surface area contributed by atoms with Crippen LogP contribution >= 0.6 is 11.6 Å². The smallest absolute Gasteiger partial charge is 0.258 e. The number of halogens is 1. The summed E-state index contributed by atoms with van der Waals surface area (Å²) in [6.07, 6.45) is 1.71. The highest BCUT2D eigenvalue weighted by Gasteiger charge is 2.12. The molecule has 6 nitrogen and oxygen atoms in total. The topological polar surface area (TPSA) is 73.8 Å². The quantitative estimate of drug-likeness (QED) is 0.486. The molecular weight excluding hydrogens is 256 g/mol. The Morgan fingerprint density at radius 2 is 2.22 bits per heavy atom. The highest BCUT2D eigenvalue weighted by molar-refractivity contribution is 6.20. The number of alkyl halides is 1. The lowest BCUT2D eigenvalue weighted by Crippen LogP contribution is -1.99. The van der Waals surface area contributed by atoms with Gasteiger partial charge in [-0.25, -0.2) is 4.68 Å². The van der Waals surface area contributed by atoms with Crippen molar-refractivity contribution in [1.82, 2.24) is 15.0 Å². The van der Waals surface area contributed by atoms with Crippen molar-refractivity contribution in [3.05, 3.63) is 45.8 Å². The largest absolute Gasteiger partial charge is 0.269 e. The SMILES string of the molecule is Cc1cc([N+](=O)[O-])ccc1-n1cc(C(C)Cl)nn1. The van der Waals surface area contributed by atoms with Crippen molar-refractivity contribution in [1.29, 1.82) is 0 Å². The van der Waals surface area contributed by atoms with E-state index >= 15 is 0 Å². The van der Waals surface area contributed by atoms with Crippen LogP contribution in [0.2, 0.25) is 0 Å². The molecule has 0 aliphatic rings. The first-order valence-corrected chi connectivity index (χ1v) is 5.74. The summed E-state index contributed by atoms with van der Waals surface area (Å²) in [5, 5.41) is 18.3. The van der Waals surface area contributed by atoms with Gasteiger partial charge in [0.25, 0.3) is 5.69 Å². The predicted molar refractivity (Wildman–Crippen MR) is 67.0 cm³/mol. The van der Waals surface area contributed by atoms with Gasteiger partial charge in [-0.1, -0.05) is 5.21 Å². The Morgan fingerprint density at radius 3 is 2.72 bits per heavy atom. The third-order valence-electron chi connectivity index (χ3n) is 2.56. The second kappa shape index (κ2) is 4.73. The van der Waals surface area contributed by atoms with Crippen LogP contribution in [0.1, 0.15) is 23.6 Å². The average Bonchev–Trinajstić information content (AvgIpc) is 2.78. The van der Waals surface area contributed by atoms with Crippen molar-refractivity contribution < 1.29 is 4.92 Å². The number of hydrogen-bond donors (Lipinski definition) is 0. The molecule has 1 heterocycles. The minimum Gasteiger partial charge on any atom is -0.258 e. The zero-order chi connectivity index (χ0) is 13.3. The summed E-state index contributed by atoms with van der Waals surface area (Å²) in [5.74, 6) is 0. The zero-order valence-electron chi connectivity index (χ0n) is 9.87. The molecular formula is C11H11ClN4O2. The van der Waals surface area contributed by atoms with Gasteiger partial charge in [-0.05, 0) is 25.5 Å². The first-order chi connectivity index (χ1) is 8.49. The summed E-state index contributed by atoms with van der Waals surface area (Å²) in [5.41, 5.74) is 2.22. The molecule has 94 valence electrons. The van der Waals surface area contributed by atoms with Crippen molar-refractivity contribution in [2.45, 2.75) is 19.2 Å². The highest BCUT2D eigenvalue weighted by atomic mass is 35.5. The fourth-order valence-electron chi connectivity index (χ4n) is 1.59. The van der Waals surface area contributed by atoms with Crippen LogP contribution < -0.4 is 0 Å². The van der Waals surface area contributed by atoms with E-state index < -0.39 is 4.92 Å². The molecule has 0 N–H and O–H groups in total. The molecule has 1 unspecified atom stereocenters. The number of nitrogens with zero attached hydrogens (tertiary/aromatic N) is 4. The first-order valence-electron chi connectivity index (χ1n) is 5.31. The van der Waals surface area contributed by atoms with Crippen LogP contribution in [0.15, 0.2) is 24.4 Å². The Hall–Kier alpha value is -1.95. The highest BCUT2D eigenvalue weighted by Crippen LogP contribution is 2.22. The van der Waals surface area contributed by atoms with Gasteiger partial charge in [-0.15, -0.1) is 16.7 Å². The minimum absolute atomic E-state index is 0.0577. The Kier molecular flexibility index (Phi) is 3.29. The molecule has 18 heavy (non-hydrogen) atoms. The van der Waals surface area contributed by atoms with E-state index in [2.05, 4.69) is 10.3 Å². The molecule has 0 aliphatic carbocycles. The zero-order valence-corrected chi connectivity index (χ0v) is 10.6. The van der Waals surface area contributed by atoms with Crippen LogP contribution in [0.3, 0.4) is 0 Å². The molecule has 2 aromatic rings. The van der Waals surface area contributed by atoms with Crippen LogP contribution in [-0.4, -0.2) is 19.9 Å². The summed E-state index contributed by atoms with van der Waals surface area (Å²) in [4.78, 5) is 10.2. The molecule has 2 rings (SSSR count). The molecule has 7 heteroatoms. The van der Waals surface area contributed by atoms with Crippen molar-refractivity contribution in [3.8, 4) is 5.69 Å². The van der Waals surface area contributed by atoms with Crippen molar-refractivity contribution in [2.75, 3.05) is 0 Å². The number of hydrogen-bond acceptors (Lipinski definition) is 4. The summed E-state index contributed by atoms with van der Waals surface area (Å²) < 4.78 is 1.56. The maximum atomic E-state index is 10.6. The van der Waals surface area contributed by atoms with Crippen LogP contribution in [0, 0.1) is 17.0 Å². The molecule has 0 spiro atoms. The third-order valence-corrected chi connectivity index (χ3v) is 2.78. The fraction of sp³-hybridized carbons (Fsp3) is 0.273. The van der Waals surface area contributed by atoms with E-state index in [0.29, 0.717) is 5.69 Å². The molecule has 1 atom stereocenters. The Morgan fingerprint density at radius 1 is 1.50 bits per heavy atom. The lowest BCUT2D eigenvalue weighted by molar-refractivity contribution is -0.384. The van der Waals surface area contributed by atoms with Crippen LogP contribution in [0.5, 0.6) is 0 Å². The summed E-state index contributed by atoms with van der Waals surface area (Å²) >= 11 is 5.91. The van der Waals surface area contributed by atoms with Crippen LogP contribution in [0.4, 0.5) is 5.69 Å². The third kappa shape index (κ3) is 2.33. The van der Waals surface area contributed by atoms with Gasteiger partial charge in [0.1, 0.15) is 5.69 Å². The van der Waals surface area contributed by atoms with E-state index in [0.717, 1.165) is 11.3 Å². The van der Waals surface area contributed by atoms with Gasteiger partial charge < -0.3 is 0 Å². The second-order valence-corrected chi connectivity index (χ2v) is 4.59. The van der Waals surface area contributed by atoms with Gasteiger partial charge >= 0.3 is 0 Å². The molecule has 0 saturated heterocycles. The Labute approximate surface area is 108 Å². The van der Waals surface area contributed by atoms with E-state index in [1.54, 1.807) is 30.8 Å². The van der Waals surface area contributed by atoms with Gasteiger partial charge in [0, 0.05) is 12.1 Å². The van der Waals surface area contributed by atoms with Gasteiger partial charge in [0.05, 0.1) is 22.2 Å². The van der Waals surface area contributed by atoms with Crippen LogP contribution in [-0.2, 0) is 0 Å². The summed E-state index contributed by atoms with van der Waals surface area (Å²) in [7, 11) is 0. The number of aromatic nitrogens is 3. The first kappa shape index (κ1) is 12.5. The lowest BCUT2D eigenvalue weighted by Gasteiger charge is -2.04. The van der Waals surface area contributed by atoms with Crippen LogP contribution in [0.25, 0.3) is 5.69 Å². The van der Waals surface area contributed by atoms with Gasteiger partial charge in [-0.2, -0.15) is 0 Å². The molecule has 1 aromatic heterocycles. The summed E-state index contributed by atoms with van der Waals surface area (Å²) in [6.45, 7) is 3.59. The number of nitro benzene ring substituents is 1. The molecule has 0 amide bonds. The molecule has 0 aliphatic heterocycles. The monoisotopic (exact) mass is 266 g/mol. The number of rotatable bonds is 3. The van der Waals surface area contributed by atoms with Gasteiger partial charge in [0.2, 0.25) is 0 Å². The molecule has 0 fully saturated rings. The maximum Gasteiger partial charge on any atom is 0.269 e. The van der Waals surface area contributed by atoms with E-state index in [-0.39, 0.29) is 11.1 Å². The molecule has 1 aromatic carbocycles. The minimum atomic E-state index is -0.426. The van der Waals surface area contributed by atoms with E-state index in [9.17, 15) is 10.1 Å². The van der Waals surface area contributed by atoms with Gasteiger partial charge in [-0.3, -0.25) is 10.1 Å². The van der Waals surface area contributed by atoms with Crippen molar-refractivity contribution >= 4 is 17.3 Å². The van der Waals surface area contributed by atoms with Crippen molar-refractivity contribution in [3.63, 3.8) is 0 Å². The number of benzene rings is 1. The van der Waals surface area contributed by atoms with Gasteiger partial charge in [0.15, 0.2) is 0 Å². The second-order valence-electron chi connectivity index (χ2n) is 3.93. The number of aryl methyl sites for hydroxylation is 1. The lowest BCUT2D eigenvalue weighted by atomic mass is 10.2. The normalized spacial score (nSPS) is 12.4. The molecule has 0 saturated carbocycles. The molecule has 0 bridgehead atoms. The van der Waals surface area contributed by atoms with E-state index in [1.165, 1.54) is 12.1 Å². The maximum absolute atomic E-state index is 10.6. The van der Waals surface area contributed by atoms with E-state index in [1.807, 2.05) is 0 Å². The molecule has 0 radical (unpaired) electrons. The number of nitro groups is 1. The average molecular weight is 267 g/mol. The van der Waals surface area contributed by atoms with E-state index in [4.69, 9.17) is 11.6 Å². The number of non-ortho nitro benzene ring substituents is 1. The Bertz CT molecular complexity index is 594. The summed E-state index contributed by atoms with van der Waals surface area (Å²) in [6, 6.07) is 4.58. The fourth-order valence-corrected chi connectivity index (χ4v) is 1.69. The predicted octanol–water partition coefficient (Wildman–Crippen LogP) is 2.78.